The van der Waals surface area contributed by atoms with E-state index in [1.54, 1.807) is 0 Å². The zero-order valence-electron chi connectivity index (χ0n) is 18.0. The Kier molecular flexibility index (Phi) is 6.75. The van der Waals surface area contributed by atoms with Gasteiger partial charge in [-0.05, 0) is 56.3 Å². The zero-order chi connectivity index (χ0) is 22.7. The quantitative estimate of drug-likeness (QED) is 0.547. The Morgan fingerprint density at radius 1 is 1.12 bits per heavy atom. The normalized spacial score (nSPS) is 15.9. The molecule has 1 aliphatic heterocycles. The van der Waals surface area contributed by atoms with Gasteiger partial charge in [0.05, 0.1) is 34.9 Å². The molecular formula is C22H25N3O5S2. The van der Waals surface area contributed by atoms with Gasteiger partial charge in [0, 0.05) is 25.2 Å². The number of amides is 1. The smallest absolute Gasteiger partial charge is 0.279 e. The van der Waals surface area contributed by atoms with E-state index in [2.05, 4.69) is 4.99 Å². The maximum absolute atomic E-state index is 12.8. The first-order valence-corrected chi connectivity index (χ1v) is 12.7. The number of rotatable bonds is 6. The number of ether oxygens (including phenoxy) is 2. The molecule has 0 radical (unpaired) electrons. The fraction of sp³-hybridized carbons (Fsp3) is 0.364. The molecule has 0 spiro atoms. The lowest BCUT2D eigenvalue weighted by Gasteiger charge is -2.26. The number of carbonyl (C=O) groups is 1. The minimum atomic E-state index is -3.60. The summed E-state index contributed by atoms with van der Waals surface area (Å²) in [5.74, 6) is 0.360. The average Bonchev–Trinajstić information content (AvgIpc) is 3.16. The first kappa shape index (κ1) is 22.7. The number of fused-ring (bicyclic) bond motifs is 1. The van der Waals surface area contributed by atoms with Gasteiger partial charge in [-0.1, -0.05) is 11.3 Å². The van der Waals surface area contributed by atoms with Crippen LogP contribution in [0.4, 0.5) is 0 Å². The van der Waals surface area contributed by atoms with Crippen molar-refractivity contribution in [2.45, 2.75) is 25.3 Å². The molecule has 0 N–H and O–H groups in total. The Morgan fingerprint density at radius 3 is 2.50 bits per heavy atom. The fourth-order valence-electron chi connectivity index (χ4n) is 3.56. The maximum Gasteiger partial charge on any atom is 0.279 e. The van der Waals surface area contributed by atoms with Gasteiger partial charge in [-0.2, -0.15) is 9.30 Å². The molecule has 0 aliphatic carbocycles. The second-order valence-corrected chi connectivity index (χ2v) is 10.1. The van der Waals surface area contributed by atoms with Gasteiger partial charge in [0.25, 0.3) is 5.91 Å². The monoisotopic (exact) mass is 475 g/mol. The SMILES string of the molecule is CCOc1ccc2c(c1)sc(=NC(=O)c1ccc(S(=O)(=O)N3CCOCC3)cc1)n2CC. The van der Waals surface area contributed by atoms with Crippen LogP contribution in [-0.4, -0.2) is 56.1 Å². The first-order valence-electron chi connectivity index (χ1n) is 10.5. The van der Waals surface area contributed by atoms with Crippen LogP contribution in [0, 0.1) is 0 Å². The number of carbonyl (C=O) groups excluding carboxylic acids is 1. The lowest BCUT2D eigenvalue weighted by molar-refractivity contribution is 0.0730. The van der Waals surface area contributed by atoms with Crippen molar-refractivity contribution < 1.29 is 22.7 Å². The van der Waals surface area contributed by atoms with Gasteiger partial charge in [0.2, 0.25) is 10.0 Å². The van der Waals surface area contributed by atoms with Gasteiger partial charge in [-0.3, -0.25) is 4.79 Å². The van der Waals surface area contributed by atoms with Crippen molar-refractivity contribution >= 4 is 37.5 Å². The topological polar surface area (TPSA) is 90.2 Å². The molecule has 1 amide bonds. The van der Waals surface area contributed by atoms with Crippen LogP contribution in [0.3, 0.4) is 0 Å². The van der Waals surface area contributed by atoms with Crippen molar-refractivity contribution in [3.05, 3.63) is 52.8 Å². The Morgan fingerprint density at radius 2 is 1.84 bits per heavy atom. The minimum absolute atomic E-state index is 0.157. The van der Waals surface area contributed by atoms with Crippen molar-refractivity contribution in [2.75, 3.05) is 32.9 Å². The number of hydrogen-bond donors (Lipinski definition) is 0. The Balaban J connectivity index is 1.62. The van der Waals surface area contributed by atoms with Gasteiger partial charge in [-0.25, -0.2) is 8.42 Å². The number of thiazole rings is 1. The van der Waals surface area contributed by atoms with Gasteiger partial charge < -0.3 is 14.0 Å². The van der Waals surface area contributed by atoms with Crippen molar-refractivity contribution in [1.82, 2.24) is 8.87 Å². The van der Waals surface area contributed by atoms with Crippen LogP contribution in [0.1, 0.15) is 24.2 Å². The molecule has 10 heteroatoms. The van der Waals surface area contributed by atoms with Crippen LogP contribution in [0.25, 0.3) is 10.2 Å². The highest BCUT2D eigenvalue weighted by molar-refractivity contribution is 7.89. The molecule has 1 aliphatic rings. The van der Waals surface area contributed by atoms with E-state index in [0.717, 1.165) is 16.0 Å². The predicted molar refractivity (Wildman–Crippen MR) is 123 cm³/mol. The Bertz CT molecular complexity index is 1290. The van der Waals surface area contributed by atoms with E-state index in [9.17, 15) is 13.2 Å². The van der Waals surface area contributed by atoms with Crippen LogP contribution in [0.5, 0.6) is 5.75 Å². The first-order chi connectivity index (χ1) is 15.4. The summed E-state index contributed by atoms with van der Waals surface area (Å²) in [4.78, 5) is 17.9. The number of benzene rings is 2. The van der Waals surface area contributed by atoms with E-state index in [4.69, 9.17) is 9.47 Å². The van der Waals surface area contributed by atoms with Crippen molar-refractivity contribution in [3.8, 4) is 5.75 Å². The molecule has 2 heterocycles. The summed E-state index contributed by atoms with van der Waals surface area (Å²) in [5.41, 5.74) is 1.32. The molecule has 32 heavy (non-hydrogen) atoms. The molecule has 2 aromatic carbocycles. The van der Waals surface area contributed by atoms with E-state index in [0.29, 0.717) is 49.8 Å². The molecule has 8 nitrogen and oxygen atoms in total. The fourth-order valence-corrected chi connectivity index (χ4v) is 6.09. The van der Waals surface area contributed by atoms with E-state index in [-0.39, 0.29) is 4.90 Å². The van der Waals surface area contributed by atoms with Crippen molar-refractivity contribution in [3.63, 3.8) is 0 Å². The molecule has 0 unspecified atom stereocenters. The van der Waals surface area contributed by atoms with Crippen molar-refractivity contribution in [1.29, 1.82) is 0 Å². The van der Waals surface area contributed by atoms with E-state index < -0.39 is 15.9 Å². The third-order valence-electron chi connectivity index (χ3n) is 5.19. The summed E-state index contributed by atoms with van der Waals surface area (Å²) in [6.45, 7) is 6.59. The third kappa shape index (κ3) is 4.49. The molecular weight excluding hydrogens is 450 g/mol. The number of aromatic nitrogens is 1. The molecule has 4 rings (SSSR count). The highest BCUT2D eigenvalue weighted by atomic mass is 32.2. The lowest BCUT2D eigenvalue weighted by Crippen LogP contribution is -2.40. The molecule has 3 aromatic rings. The van der Waals surface area contributed by atoms with Crippen LogP contribution in [-0.2, 0) is 21.3 Å². The molecule has 0 bridgehead atoms. The Labute approximate surface area is 190 Å². The number of hydrogen-bond acceptors (Lipinski definition) is 6. The largest absolute Gasteiger partial charge is 0.494 e. The number of sulfonamides is 1. The van der Waals surface area contributed by atoms with Gasteiger partial charge >= 0.3 is 0 Å². The third-order valence-corrected chi connectivity index (χ3v) is 8.14. The second-order valence-electron chi connectivity index (χ2n) is 7.15. The van der Waals surface area contributed by atoms with E-state index >= 15 is 0 Å². The highest BCUT2D eigenvalue weighted by Gasteiger charge is 2.26. The van der Waals surface area contributed by atoms with Crippen molar-refractivity contribution in [2.24, 2.45) is 4.99 Å². The van der Waals surface area contributed by atoms with Crippen LogP contribution < -0.4 is 9.54 Å². The predicted octanol–water partition coefficient (Wildman–Crippen LogP) is 2.88. The maximum atomic E-state index is 12.8. The second kappa shape index (κ2) is 9.53. The standard InChI is InChI=1S/C22H25N3O5S2/c1-3-25-19-10-7-17(30-4-2)15-20(19)31-22(25)23-21(26)16-5-8-18(9-6-16)32(27,28)24-11-13-29-14-12-24/h5-10,15H,3-4,11-14H2,1-2H3. The number of morpholine rings is 1. The summed E-state index contributed by atoms with van der Waals surface area (Å²) < 4.78 is 40.7. The summed E-state index contributed by atoms with van der Waals surface area (Å²) >= 11 is 1.42. The number of nitrogens with zero attached hydrogens (tertiary/aromatic N) is 3. The zero-order valence-corrected chi connectivity index (χ0v) is 19.6. The molecule has 1 saturated heterocycles. The van der Waals surface area contributed by atoms with Gasteiger partial charge in [-0.15, -0.1) is 0 Å². The van der Waals surface area contributed by atoms with Crippen LogP contribution in [0.15, 0.2) is 52.4 Å². The molecule has 1 aromatic heterocycles. The summed E-state index contributed by atoms with van der Waals surface area (Å²) in [7, 11) is -3.60. The summed E-state index contributed by atoms with van der Waals surface area (Å²) in [6, 6.07) is 11.8. The highest BCUT2D eigenvalue weighted by Crippen LogP contribution is 2.24. The van der Waals surface area contributed by atoms with Crippen LogP contribution in [0.2, 0.25) is 0 Å². The van der Waals surface area contributed by atoms with E-state index in [1.807, 2.05) is 36.6 Å². The summed E-state index contributed by atoms with van der Waals surface area (Å²) in [6.07, 6.45) is 0. The number of aryl methyl sites for hydroxylation is 1. The molecule has 1 fully saturated rings. The Hall–Kier alpha value is -2.53. The average molecular weight is 476 g/mol. The van der Waals surface area contributed by atoms with E-state index in [1.165, 1.54) is 39.9 Å². The van der Waals surface area contributed by atoms with Gasteiger partial charge in [0.15, 0.2) is 4.80 Å². The molecule has 170 valence electrons. The summed E-state index contributed by atoms with van der Waals surface area (Å²) in [5, 5.41) is 0. The van der Waals surface area contributed by atoms with Crippen LogP contribution >= 0.6 is 11.3 Å². The minimum Gasteiger partial charge on any atom is -0.494 e. The lowest BCUT2D eigenvalue weighted by atomic mass is 10.2. The molecule has 0 saturated carbocycles. The van der Waals surface area contributed by atoms with Gasteiger partial charge in [0.1, 0.15) is 5.75 Å². The molecule has 0 atom stereocenters.